The van der Waals surface area contributed by atoms with Crippen LogP contribution in [0.25, 0.3) is 0 Å². The van der Waals surface area contributed by atoms with Gasteiger partial charge in [0.05, 0.1) is 15.6 Å². The molecule has 190 valence electrons. The Balaban J connectivity index is 1.97. The van der Waals surface area contributed by atoms with Gasteiger partial charge in [0.25, 0.3) is 10.0 Å². The number of carbonyl (C=O) groups excluding carboxylic acids is 2. The lowest BCUT2D eigenvalue weighted by Gasteiger charge is -2.32. The van der Waals surface area contributed by atoms with Crippen molar-refractivity contribution in [2.24, 2.45) is 0 Å². The molecule has 0 aliphatic heterocycles. The zero-order chi connectivity index (χ0) is 26.1. The van der Waals surface area contributed by atoms with Gasteiger partial charge in [0.2, 0.25) is 11.8 Å². The predicted molar refractivity (Wildman–Crippen MR) is 142 cm³/mol. The van der Waals surface area contributed by atoms with E-state index in [-0.39, 0.29) is 28.1 Å². The van der Waals surface area contributed by atoms with Crippen LogP contribution in [0.4, 0.5) is 5.69 Å². The Labute approximate surface area is 217 Å². The molecule has 9 heteroatoms. The van der Waals surface area contributed by atoms with Crippen molar-refractivity contribution in [1.82, 2.24) is 10.2 Å². The first-order valence-corrected chi connectivity index (χ1v) is 13.5. The molecule has 0 radical (unpaired) electrons. The molecule has 3 aromatic carbocycles. The summed E-state index contributed by atoms with van der Waals surface area (Å²) in [4.78, 5) is 27.8. The van der Waals surface area contributed by atoms with Crippen molar-refractivity contribution in [3.63, 3.8) is 0 Å². The van der Waals surface area contributed by atoms with Crippen molar-refractivity contribution in [2.45, 2.75) is 31.2 Å². The second-order valence-corrected chi connectivity index (χ2v) is 10.4. The normalized spacial score (nSPS) is 12.0. The molecule has 1 atom stereocenters. The van der Waals surface area contributed by atoms with E-state index >= 15 is 0 Å². The van der Waals surface area contributed by atoms with Gasteiger partial charge in [-0.05, 0) is 50.1 Å². The van der Waals surface area contributed by atoms with Gasteiger partial charge in [-0.25, -0.2) is 8.42 Å². The average molecular weight is 528 g/mol. The average Bonchev–Trinajstić information content (AvgIpc) is 2.89. The van der Waals surface area contributed by atoms with Gasteiger partial charge in [0.15, 0.2) is 0 Å². The number of halogens is 1. The Kier molecular flexibility index (Phi) is 9.50. The third-order valence-corrected chi connectivity index (χ3v) is 7.83. The lowest BCUT2D eigenvalue weighted by atomic mass is 10.1. The first-order valence-electron chi connectivity index (χ1n) is 11.7. The Hall–Kier alpha value is -3.36. The second-order valence-electron chi connectivity index (χ2n) is 8.17. The maximum absolute atomic E-state index is 13.7. The first-order chi connectivity index (χ1) is 17.3. The van der Waals surface area contributed by atoms with E-state index in [9.17, 15) is 18.0 Å². The Morgan fingerprint density at radius 1 is 0.917 bits per heavy atom. The molecule has 0 aliphatic carbocycles. The second kappa shape index (κ2) is 12.6. The van der Waals surface area contributed by atoms with Crippen molar-refractivity contribution >= 4 is 39.1 Å². The molecule has 0 fully saturated rings. The van der Waals surface area contributed by atoms with Gasteiger partial charge in [-0.2, -0.15) is 0 Å². The van der Waals surface area contributed by atoms with E-state index in [2.05, 4.69) is 5.32 Å². The fourth-order valence-electron chi connectivity index (χ4n) is 3.78. The van der Waals surface area contributed by atoms with Crippen LogP contribution in [0.2, 0.25) is 5.02 Å². The van der Waals surface area contributed by atoms with Gasteiger partial charge < -0.3 is 10.2 Å². The summed E-state index contributed by atoms with van der Waals surface area (Å²) in [6.45, 7) is 3.58. The first kappa shape index (κ1) is 27.2. The monoisotopic (exact) mass is 527 g/mol. The number of carbonyl (C=O) groups is 2. The van der Waals surface area contributed by atoms with Crippen LogP contribution in [0.3, 0.4) is 0 Å². The van der Waals surface area contributed by atoms with Gasteiger partial charge in [0, 0.05) is 13.1 Å². The van der Waals surface area contributed by atoms with E-state index in [1.54, 1.807) is 56.3 Å². The van der Waals surface area contributed by atoms with Crippen molar-refractivity contribution in [1.29, 1.82) is 0 Å². The predicted octanol–water partition coefficient (Wildman–Crippen LogP) is 4.13. The van der Waals surface area contributed by atoms with Crippen molar-refractivity contribution < 1.29 is 18.0 Å². The molecule has 0 heterocycles. The number of para-hydroxylation sites is 1. The number of sulfonamides is 1. The molecule has 3 rings (SSSR count). The smallest absolute Gasteiger partial charge is 0.264 e. The van der Waals surface area contributed by atoms with Crippen LogP contribution in [0.1, 0.15) is 19.4 Å². The maximum atomic E-state index is 13.7. The lowest BCUT2D eigenvalue weighted by molar-refractivity contribution is -0.138. The van der Waals surface area contributed by atoms with Gasteiger partial charge in [-0.1, -0.05) is 72.3 Å². The SMILES string of the molecule is CCNC(=O)[C@@H](C)N(CCc1ccccc1)C(=O)CN(c1ccccc1Cl)S(=O)(=O)c1ccccc1. The molecule has 0 saturated carbocycles. The van der Waals surface area contributed by atoms with Crippen LogP contribution in [-0.4, -0.2) is 50.8 Å². The van der Waals surface area contributed by atoms with E-state index in [0.29, 0.717) is 13.0 Å². The number of hydrogen-bond acceptors (Lipinski definition) is 4. The molecule has 1 N–H and O–H groups in total. The van der Waals surface area contributed by atoms with E-state index in [1.807, 2.05) is 30.3 Å². The highest BCUT2D eigenvalue weighted by molar-refractivity contribution is 7.92. The third kappa shape index (κ3) is 6.65. The zero-order valence-corrected chi connectivity index (χ0v) is 21.9. The highest BCUT2D eigenvalue weighted by Crippen LogP contribution is 2.30. The molecule has 7 nitrogen and oxygen atoms in total. The maximum Gasteiger partial charge on any atom is 0.264 e. The fraction of sp³-hybridized carbons (Fsp3) is 0.259. The largest absolute Gasteiger partial charge is 0.355 e. The fourth-order valence-corrected chi connectivity index (χ4v) is 5.52. The summed E-state index contributed by atoms with van der Waals surface area (Å²) >= 11 is 6.38. The molecular formula is C27H30ClN3O4S. The number of benzene rings is 3. The van der Waals surface area contributed by atoms with Crippen molar-refractivity contribution in [3.8, 4) is 0 Å². The van der Waals surface area contributed by atoms with Gasteiger partial charge in [0.1, 0.15) is 12.6 Å². The summed E-state index contributed by atoms with van der Waals surface area (Å²) in [5, 5.41) is 2.94. The molecule has 0 saturated heterocycles. The Bertz CT molecular complexity index is 1270. The lowest BCUT2D eigenvalue weighted by Crippen LogP contribution is -2.52. The highest BCUT2D eigenvalue weighted by Gasteiger charge is 2.32. The molecular weight excluding hydrogens is 498 g/mol. The summed E-state index contributed by atoms with van der Waals surface area (Å²) in [7, 11) is -4.13. The van der Waals surface area contributed by atoms with Crippen LogP contribution in [0, 0.1) is 0 Å². The van der Waals surface area contributed by atoms with Crippen LogP contribution < -0.4 is 9.62 Å². The topological polar surface area (TPSA) is 86.8 Å². The summed E-state index contributed by atoms with van der Waals surface area (Å²) in [6, 6.07) is 23.1. The highest BCUT2D eigenvalue weighted by atomic mass is 35.5. The van der Waals surface area contributed by atoms with Crippen molar-refractivity contribution in [3.05, 3.63) is 95.5 Å². The number of likely N-dealkylation sites (N-methyl/N-ethyl adjacent to an activating group) is 1. The van der Waals surface area contributed by atoms with Crippen LogP contribution in [0.5, 0.6) is 0 Å². The molecule has 0 spiro atoms. The summed E-state index contributed by atoms with van der Waals surface area (Å²) in [5.74, 6) is -0.821. The summed E-state index contributed by atoms with van der Waals surface area (Å²) < 4.78 is 28.3. The van der Waals surface area contributed by atoms with Gasteiger partial charge in [-0.15, -0.1) is 0 Å². The van der Waals surface area contributed by atoms with Crippen LogP contribution in [0.15, 0.2) is 89.8 Å². The molecule has 2 amide bonds. The number of anilines is 1. The number of nitrogens with zero attached hydrogens (tertiary/aromatic N) is 2. The number of hydrogen-bond donors (Lipinski definition) is 1. The molecule has 36 heavy (non-hydrogen) atoms. The molecule has 0 aliphatic rings. The van der Waals surface area contributed by atoms with Crippen LogP contribution >= 0.6 is 11.6 Å². The summed E-state index contributed by atoms with van der Waals surface area (Å²) in [5.41, 5.74) is 1.18. The minimum absolute atomic E-state index is 0.0327. The zero-order valence-electron chi connectivity index (χ0n) is 20.3. The third-order valence-electron chi connectivity index (χ3n) is 5.73. The van der Waals surface area contributed by atoms with E-state index in [4.69, 9.17) is 11.6 Å². The van der Waals surface area contributed by atoms with Crippen LogP contribution in [-0.2, 0) is 26.0 Å². The quantitative estimate of drug-likeness (QED) is 0.406. The minimum atomic E-state index is -4.13. The van der Waals surface area contributed by atoms with E-state index in [0.717, 1.165) is 9.87 Å². The number of rotatable bonds is 11. The molecule has 0 bridgehead atoms. The van der Waals surface area contributed by atoms with E-state index in [1.165, 1.54) is 17.0 Å². The van der Waals surface area contributed by atoms with Gasteiger partial charge >= 0.3 is 0 Å². The standard InChI is InChI=1S/C27H30ClN3O4S/c1-3-29-27(33)21(2)30(19-18-22-12-6-4-7-13-22)26(32)20-31(25-17-11-10-16-24(25)28)36(34,35)23-14-8-5-9-15-23/h4-17,21H,3,18-20H2,1-2H3,(H,29,33)/t21-/m1/s1. The Morgan fingerprint density at radius 2 is 1.50 bits per heavy atom. The molecule has 0 unspecified atom stereocenters. The number of amides is 2. The Morgan fingerprint density at radius 3 is 2.11 bits per heavy atom. The van der Waals surface area contributed by atoms with Crippen molar-refractivity contribution in [2.75, 3.05) is 23.9 Å². The minimum Gasteiger partial charge on any atom is -0.355 e. The molecule has 0 aromatic heterocycles. The number of nitrogens with one attached hydrogen (secondary N) is 1. The molecule has 3 aromatic rings. The van der Waals surface area contributed by atoms with Gasteiger partial charge in [-0.3, -0.25) is 13.9 Å². The summed E-state index contributed by atoms with van der Waals surface area (Å²) in [6.07, 6.45) is 0.508. The van der Waals surface area contributed by atoms with E-state index < -0.39 is 28.5 Å².